The summed E-state index contributed by atoms with van der Waals surface area (Å²) in [6.07, 6.45) is 5.36. The number of nitrogen functional groups attached to an aromatic ring is 1. The molecule has 3 N–H and O–H groups in total. The number of fused-ring (bicyclic) bond motifs is 1. The summed E-state index contributed by atoms with van der Waals surface area (Å²) in [7, 11) is 0. The van der Waals surface area contributed by atoms with Gasteiger partial charge in [-0.05, 0) is 42.3 Å². The molecule has 2 aromatic heterocycles. The molecule has 3 rings (SSSR count). The van der Waals surface area contributed by atoms with Crippen LogP contribution in [0.5, 0.6) is 0 Å². The van der Waals surface area contributed by atoms with E-state index in [0.29, 0.717) is 6.54 Å². The molecule has 0 aliphatic carbocycles. The van der Waals surface area contributed by atoms with Crippen LogP contribution in [0.2, 0.25) is 0 Å². The van der Waals surface area contributed by atoms with Crippen LogP contribution in [0.25, 0.3) is 10.8 Å². The monoisotopic (exact) mass is 264 g/mol. The molecule has 0 bridgehead atoms. The number of pyridine rings is 2. The van der Waals surface area contributed by atoms with E-state index >= 15 is 0 Å². The summed E-state index contributed by atoms with van der Waals surface area (Å²) in [5.41, 5.74) is 9.15. The fourth-order valence-corrected chi connectivity index (χ4v) is 2.31. The summed E-state index contributed by atoms with van der Waals surface area (Å²) in [5, 5.41) is 5.50. The van der Waals surface area contributed by atoms with Crippen LogP contribution in [0.1, 0.15) is 11.1 Å². The zero-order valence-corrected chi connectivity index (χ0v) is 11.3. The molecule has 0 spiro atoms. The quantitative estimate of drug-likeness (QED) is 0.713. The standard InChI is InChI=1S/C16H16N4/c1-11-2-3-14(17)13-6-9-19-16(15(11)13)20-10-12-4-7-18-8-5-12/h2-9H,10,17H2,1H3,(H,19,20). The van der Waals surface area contributed by atoms with Gasteiger partial charge in [0, 0.05) is 41.6 Å². The lowest BCUT2D eigenvalue weighted by Gasteiger charge is -2.12. The van der Waals surface area contributed by atoms with E-state index in [9.17, 15) is 0 Å². The van der Waals surface area contributed by atoms with E-state index < -0.39 is 0 Å². The average molecular weight is 264 g/mol. The molecular weight excluding hydrogens is 248 g/mol. The molecule has 0 atom stereocenters. The van der Waals surface area contributed by atoms with Crippen molar-refractivity contribution in [3.05, 3.63) is 60.0 Å². The Morgan fingerprint density at radius 3 is 2.65 bits per heavy atom. The van der Waals surface area contributed by atoms with E-state index in [2.05, 4.69) is 22.2 Å². The highest BCUT2D eigenvalue weighted by atomic mass is 15.0. The third kappa shape index (κ3) is 2.28. The molecule has 0 unspecified atom stereocenters. The Morgan fingerprint density at radius 2 is 1.85 bits per heavy atom. The number of aryl methyl sites for hydroxylation is 1. The van der Waals surface area contributed by atoms with E-state index in [-0.39, 0.29) is 0 Å². The lowest BCUT2D eigenvalue weighted by atomic mass is 10.1. The molecule has 0 radical (unpaired) electrons. The molecule has 1 aromatic carbocycles. The molecule has 3 aromatic rings. The minimum Gasteiger partial charge on any atom is -0.398 e. The van der Waals surface area contributed by atoms with Crippen molar-refractivity contribution < 1.29 is 0 Å². The fraction of sp³-hybridized carbons (Fsp3) is 0.125. The molecule has 2 heterocycles. The smallest absolute Gasteiger partial charge is 0.134 e. The molecule has 0 aliphatic heterocycles. The summed E-state index contributed by atoms with van der Waals surface area (Å²) in [6.45, 7) is 2.78. The highest BCUT2D eigenvalue weighted by Crippen LogP contribution is 2.29. The molecule has 0 fully saturated rings. The summed E-state index contributed by atoms with van der Waals surface area (Å²) in [4.78, 5) is 8.46. The Kier molecular flexibility index (Phi) is 3.21. The third-order valence-corrected chi connectivity index (χ3v) is 3.38. The first-order valence-electron chi connectivity index (χ1n) is 6.52. The zero-order valence-electron chi connectivity index (χ0n) is 11.3. The van der Waals surface area contributed by atoms with Gasteiger partial charge in [0.25, 0.3) is 0 Å². The zero-order chi connectivity index (χ0) is 13.9. The van der Waals surface area contributed by atoms with Crippen LogP contribution in [-0.4, -0.2) is 9.97 Å². The lowest BCUT2D eigenvalue weighted by molar-refractivity contribution is 1.10. The maximum Gasteiger partial charge on any atom is 0.134 e. The van der Waals surface area contributed by atoms with Crippen molar-refractivity contribution in [2.75, 3.05) is 11.1 Å². The van der Waals surface area contributed by atoms with E-state index in [1.54, 1.807) is 18.6 Å². The van der Waals surface area contributed by atoms with Crippen molar-refractivity contribution in [2.45, 2.75) is 13.5 Å². The Morgan fingerprint density at radius 1 is 1.05 bits per heavy atom. The SMILES string of the molecule is Cc1ccc(N)c2ccnc(NCc3ccncc3)c12. The maximum absolute atomic E-state index is 6.04. The first-order valence-corrected chi connectivity index (χ1v) is 6.52. The number of nitrogens with zero attached hydrogens (tertiary/aromatic N) is 2. The molecule has 100 valence electrons. The lowest BCUT2D eigenvalue weighted by Crippen LogP contribution is -2.03. The van der Waals surface area contributed by atoms with Gasteiger partial charge in [-0.2, -0.15) is 0 Å². The number of rotatable bonds is 3. The first kappa shape index (κ1) is 12.4. The number of hydrogen-bond donors (Lipinski definition) is 2. The molecule has 0 saturated heterocycles. The minimum absolute atomic E-state index is 0.711. The van der Waals surface area contributed by atoms with Gasteiger partial charge < -0.3 is 11.1 Å². The fourth-order valence-electron chi connectivity index (χ4n) is 2.31. The highest BCUT2D eigenvalue weighted by molar-refractivity contribution is 6.01. The van der Waals surface area contributed by atoms with Crippen LogP contribution in [0.3, 0.4) is 0 Å². The number of aromatic nitrogens is 2. The van der Waals surface area contributed by atoms with Crippen LogP contribution in [0, 0.1) is 6.92 Å². The predicted octanol–water partition coefficient (Wildman–Crippen LogP) is 3.13. The number of nitrogens with two attached hydrogens (primary N) is 1. The van der Waals surface area contributed by atoms with Gasteiger partial charge in [-0.1, -0.05) is 6.07 Å². The maximum atomic E-state index is 6.04. The second-order valence-electron chi connectivity index (χ2n) is 4.76. The topological polar surface area (TPSA) is 63.8 Å². The van der Waals surface area contributed by atoms with Crippen molar-refractivity contribution in [2.24, 2.45) is 0 Å². The molecule has 4 heteroatoms. The van der Waals surface area contributed by atoms with Crippen LogP contribution in [0.4, 0.5) is 11.5 Å². The van der Waals surface area contributed by atoms with Gasteiger partial charge in [0.15, 0.2) is 0 Å². The van der Waals surface area contributed by atoms with Crippen LogP contribution in [-0.2, 0) is 6.54 Å². The molecule has 0 amide bonds. The summed E-state index contributed by atoms with van der Waals surface area (Å²) >= 11 is 0. The first-order chi connectivity index (χ1) is 9.75. The van der Waals surface area contributed by atoms with Gasteiger partial charge in [-0.15, -0.1) is 0 Å². The highest BCUT2D eigenvalue weighted by Gasteiger charge is 2.07. The van der Waals surface area contributed by atoms with Crippen molar-refractivity contribution >= 4 is 22.3 Å². The second kappa shape index (κ2) is 5.17. The summed E-state index contributed by atoms with van der Waals surface area (Å²) in [6, 6.07) is 9.88. The van der Waals surface area contributed by atoms with Crippen LogP contribution in [0.15, 0.2) is 48.9 Å². The molecule has 20 heavy (non-hydrogen) atoms. The van der Waals surface area contributed by atoms with Crippen LogP contribution >= 0.6 is 0 Å². The normalized spacial score (nSPS) is 10.7. The van der Waals surface area contributed by atoms with Gasteiger partial charge in [0.05, 0.1) is 0 Å². The van der Waals surface area contributed by atoms with Gasteiger partial charge in [0.2, 0.25) is 0 Å². The van der Waals surface area contributed by atoms with Crippen molar-refractivity contribution in [1.82, 2.24) is 9.97 Å². The Bertz CT molecular complexity index is 738. The minimum atomic E-state index is 0.711. The summed E-state index contributed by atoms with van der Waals surface area (Å²) < 4.78 is 0. The van der Waals surface area contributed by atoms with E-state index in [0.717, 1.165) is 22.3 Å². The predicted molar refractivity (Wildman–Crippen MR) is 82.5 cm³/mol. The molecule has 4 nitrogen and oxygen atoms in total. The molecular formula is C16H16N4. The third-order valence-electron chi connectivity index (χ3n) is 3.38. The van der Waals surface area contributed by atoms with Crippen molar-refractivity contribution in [3.8, 4) is 0 Å². The largest absolute Gasteiger partial charge is 0.398 e. The van der Waals surface area contributed by atoms with Crippen molar-refractivity contribution in [1.29, 1.82) is 0 Å². The number of benzene rings is 1. The number of anilines is 2. The van der Waals surface area contributed by atoms with Crippen LogP contribution < -0.4 is 11.1 Å². The van der Waals surface area contributed by atoms with E-state index in [4.69, 9.17) is 5.73 Å². The van der Waals surface area contributed by atoms with E-state index in [1.165, 1.54) is 11.1 Å². The van der Waals surface area contributed by atoms with E-state index in [1.807, 2.05) is 30.3 Å². The van der Waals surface area contributed by atoms with Gasteiger partial charge in [-0.3, -0.25) is 4.98 Å². The Balaban J connectivity index is 1.98. The Labute approximate surface area is 117 Å². The second-order valence-corrected chi connectivity index (χ2v) is 4.76. The molecule has 0 saturated carbocycles. The Hall–Kier alpha value is -2.62. The van der Waals surface area contributed by atoms with Gasteiger partial charge >= 0.3 is 0 Å². The number of nitrogens with one attached hydrogen (secondary N) is 1. The van der Waals surface area contributed by atoms with Gasteiger partial charge in [-0.25, -0.2) is 4.98 Å². The number of hydrogen-bond acceptors (Lipinski definition) is 4. The molecule has 0 aliphatic rings. The van der Waals surface area contributed by atoms with Crippen molar-refractivity contribution in [3.63, 3.8) is 0 Å². The average Bonchev–Trinajstić information content (AvgIpc) is 2.50. The van der Waals surface area contributed by atoms with Gasteiger partial charge in [0.1, 0.15) is 5.82 Å². The summed E-state index contributed by atoms with van der Waals surface area (Å²) in [5.74, 6) is 0.865.